The molecule has 18 heavy (non-hydrogen) atoms. The monoisotopic (exact) mass is 315 g/mol. The number of halogens is 3. The molecule has 7 heteroatoms. The van der Waals surface area contributed by atoms with Gasteiger partial charge in [-0.15, -0.1) is 0 Å². The number of benzene rings is 1. The van der Waals surface area contributed by atoms with E-state index in [1.807, 2.05) is 0 Å². The summed E-state index contributed by atoms with van der Waals surface area (Å²) in [5.74, 6) is -2.30. The van der Waals surface area contributed by atoms with Crippen LogP contribution in [0.2, 0.25) is 0 Å². The van der Waals surface area contributed by atoms with E-state index in [0.717, 1.165) is 6.07 Å². The summed E-state index contributed by atoms with van der Waals surface area (Å²) in [6.07, 6.45) is 1.43. The van der Waals surface area contributed by atoms with Gasteiger partial charge in [0.05, 0.1) is 0 Å². The number of ether oxygens (including phenoxy) is 1. The summed E-state index contributed by atoms with van der Waals surface area (Å²) in [6.45, 7) is 1.67. The van der Waals surface area contributed by atoms with E-state index in [1.54, 1.807) is 6.92 Å². The Labute approximate surface area is 110 Å². The molecule has 0 spiro atoms. The van der Waals surface area contributed by atoms with Crippen LogP contribution in [0.3, 0.4) is 0 Å². The molecule has 0 saturated carbocycles. The number of anilines is 1. The molecule has 0 atom stereocenters. The first-order chi connectivity index (χ1) is 8.47. The van der Waals surface area contributed by atoms with Gasteiger partial charge in [0.25, 0.3) is 0 Å². The Morgan fingerprint density at radius 2 is 2.06 bits per heavy atom. The van der Waals surface area contributed by atoms with Gasteiger partial charge in [-0.25, -0.2) is 9.37 Å². The van der Waals surface area contributed by atoms with Crippen molar-refractivity contribution in [2.75, 3.05) is 5.73 Å². The Morgan fingerprint density at radius 1 is 1.33 bits per heavy atom. The molecule has 4 nitrogen and oxygen atoms in total. The third-order valence-electron chi connectivity index (χ3n) is 2.11. The number of hydrogen-bond acceptors (Lipinski definition) is 4. The lowest BCUT2D eigenvalue weighted by Gasteiger charge is -2.09. The van der Waals surface area contributed by atoms with Crippen molar-refractivity contribution in [2.24, 2.45) is 0 Å². The molecule has 1 aromatic heterocycles. The lowest BCUT2D eigenvalue weighted by atomic mass is 10.3. The van der Waals surface area contributed by atoms with Gasteiger partial charge in [0.1, 0.15) is 0 Å². The summed E-state index contributed by atoms with van der Waals surface area (Å²) in [5.41, 5.74) is 5.96. The molecule has 0 fully saturated rings. The maximum Gasteiger partial charge on any atom is 0.227 e. The van der Waals surface area contributed by atoms with Crippen LogP contribution in [0.4, 0.5) is 14.7 Å². The second-order valence-electron chi connectivity index (χ2n) is 3.52. The largest absolute Gasteiger partial charge is 0.435 e. The molecule has 1 heterocycles. The van der Waals surface area contributed by atoms with E-state index < -0.39 is 11.6 Å². The molecule has 0 radical (unpaired) electrons. The maximum atomic E-state index is 13.5. The lowest BCUT2D eigenvalue weighted by molar-refractivity contribution is 0.402. The summed E-state index contributed by atoms with van der Waals surface area (Å²) in [5, 5.41) is 0. The number of aryl methyl sites for hydroxylation is 1. The average molecular weight is 316 g/mol. The van der Waals surface area contributed by atoms with Crippen molar-refractivity contribution in [3.05, 3.63) is 40.0 Å². The fraction of sp³-hybridized carbons (Fsp3) is 0.0909. The first kappa shape index (κ1) is 12.7. The van der Waals surface area contributed by atoms with Gasteiger partial charge in [-0.2, -0.15) is 9.37 Å². The van der Waals surface area contributed by atoms with Gasteiger partial charge in [0.2, 0.25) is 17.6 Å². The van der Waals surface area contributed by atoms with E-state index in [2.05, 4.69) is 25.9 Å². The fourth-order valence-corrected chi connectivity index (χ4v) is 1.66. The van der Waals surface area contributed by atoms with Crippen molar-refractivity contribution in [1.82, 2.24) is 9.97 Å². The maximum absolute atomic E-state index is 13.5. The van der Waals surface area contributed by atoms with Crippen molar-refractivity contribution in [2.45, 2.75) is 6.92 Å². The fourth-order valence-electron chi connectivity index (χ4n) is 1.25. The second kappa shape index (κ2) is 4.85. The molecule has 0 aliphatic heterocycles. The molecular formula is C11H8BrF2N3O. The van der Waals surface area contributed by atoms with Gasteiger partial charge in [-0.3, -0.25) is 0 Å². The predicted molar refractivity (Wildman–Crippen MR) is 65.3 cm³/mol. The molecule has 1 aromatic carbocycles. The van der Waals surface area contributed by atoms with Gasteiger partial charge < -0.3 is 10.5 Å². The highest BCUT2D eigenvalue weighted by molar-refractivity contribution is 9.10. The molecule has 0 amide bonds. The van der Waals surface area contributed by atoms with Crippen LogP contribution in [-0.2, 0) is 0 Å². The Kier molecular flexibility index (Phi) is 3.42. The molecule has 0 aliphatic rings. The third kappa shape index (κ3) is 2.56. The van der Waals surface area contributed by atoms with Crippen LogP contribution in [0.25, 0.3) is 0 Å². The summed E-state index contributed by atoms with van der Waals surface area (Å²) < 4.78 is 32.2. The Morgan fingerprint density at radius 3 is 2.78 bits per heavy atom. The Balaban J connectivity index is 2.43. The number of aromatic nitrogens is 2. The van der Waals surface area contributed by atoms with Gasteiger partial charge in [0.15, 0.2) is 11.6 Å². The van der Waals surface area contributed by atoms with Crippen LogP contribution in [-0.4, -0.2) is 9.97 Å². The van der Waals surface area contributed by atoms with Crippen molar-refractivity contribution in [3.8, 4) is 11.6 Å². The zero-order valence-corrected chi connectivity index (χ0v) is 10.8. The van der Waals surface area contributed by atoms with Crippen molar-refractivity contribution in [3.63, 3.8) is 0 Å². The van der Waals surface area contributed by atoms with Gasteiger partial charge in [-0.1, -0.05) is 15.9 Å². The smallest absolute Gasteiger partial charge is 0.227 e. The molecule has 0 saturated heterocycles. The molecule has 0 aliphatic carbocycles. The summed E-state index contributed by atoms with van der Waals surface area (Å²) in [6, 6.07) is 2.31. The van der Waals surface area contributed by atoms with E-state index >= 15 is 0 Å². The van der Waals surface area contributed by atoms with Crippen LogP contribution in [0.15, 0.2) is 22.8 Å². The van der Waals surface area contributed by atoms with Crippen LogP contribution < -0.4 is 10.5 Å². The highest BCUT2D eigenvalue weighted by Crippen LogP contribution is 2.30. The Bertz CT molecular complexity index is 607. The summed E-state index contributed by atoms with van der Waals surface area (Å²) in [7, 11) is 0. The minimum Gasteiger partial charge on any atom is -0.435 e. The zero-order valence-electron chi connectivity index (χ0n) is 9.25. The number of hydrogen-bond donors (Lipinski definition) is 1. The van der Waals surface area contributed by atoms with Crippen LogP contribution >= 0.6 is 15.9 Å². The standard InChI is InChI=1S/C11H8BrF2N3O/c1-5-4-16-11(15)17-10(5)18-8-3-6(12)2-7(13)9(8)14/h2-4H,1H3,(H2,15,16,17). The normalized spacial score (nSPS) is 10.4. The highest BCUT2D eigenvalue weighted by atomic mass is 79.9. The van der Waals surface area contributed by atoms with Crippen LogP contribution in [0.1, 0.15) is 5.56 Å². The van der Waals surface area contributed by atoms with E-state index in [9.17, 15) is 8.78 Å². The summed E-state index contributed by atoms with van der Waals surface area (Å²) in [4.78, 5) is 7.56. The van der Waals surface area contributed by atoms with Gasteiger partial charge >= 0.3 is 0 Å². The molecular weight excluding hydrogens is 308 g/mol. The highest BCUT2D eigenvalue weighted by Gasteiger charge is 2.14. The van der Waals surface area contributed by atoms with E-state index in [4.69, 9.17) is 10.5 Å². The number of nitrogen functional groups attached to an aromatic ring is 1. The molecule has 0 unspecified atom stereocenters. The number of nitrogens with two attached hydrogens (primary N) is 1. The minimum atomic E-state index is -1.09. The minimum absolute atomic E-state index is 0.00789. The predicted octanol–water partition coefficient (Wildman–Crippen LogP) is 3.20. The quantitative estimate of drug-likeness (QED) is 0.864. The number of rotatable bonds is 2. The SMILES string of the molecule is Cc1cnc(N)nc1Oc1cc(Br)cc(F)c1F. The molecule has 94 valence electrons. The van der Waals surface area contributed by atoms with E-state index in [0.29, 0.717) is 10.0 Å². The van der Waals surface area contributed by atoms with Crippen molar-refractivity contribution in [1.29, 1.82) is 0 Å². The van der Waals surface area contributed by atoms with Gasteiger partial charge in [-0.05, 0) is 19.1 Å². The second-order valence-corrected chi connectivity index (χ2v) is 4.43. The van der Waals surface area contributed by atoms with Gasteiger partial charge in [0, 0.05) is 16.2 Å². The summed E-state index contributed by atoms with van der Waals surface area (Å²) >= 11 is 3.05. The van der Waals surface area contributed by atoms with Crippen molar-refractivity contribution >= 4 is 21.9 Å². The average Bonchev–Trinajstić information content (AvgIpc) is 2.30. The third-order valence-corrected chi connectivity index (χ3v) is 2.57. The van der Waals surface area contributed by atoms with E-state index in [-0.39, 0.29) is 17.6 Å². The number of nitrogens with zero attached hydrogens (tertiary/aromatic N) is 2. The first-order valence-electron chi connectivity index (χ1n) is 4.89. The zero-order chi connectivity index (χ0) is 13.3. The van der Waals surface area contributed by atoms with Crippen LogP contribution in [0.5, 0.6) is 11.6 Å². The van der Waals surface area contributed by atoms with Crippen LogP contribution in [0, 0.1) is 18.6 Å². The molecule has 0 bridgehead atoms. The van der Waals surface area contributed by atoms with Crippen molar-refractivity contribution < 1.29 is 13.5 Å². The molecule has 2 rings (SSSR count). The lowest BCUT2D eigenvalue weighted by Crippen LogP contribution is -2.00. The first-order valence-corrected chi connectivity index (χ1v) is 5.68. The molecule has 2 aromatic rings. The topological polar surface area (TPSA) is 61.0 Å². The molecule has 2 N–H and O–H groups in total. The van der Waals surface area contributed by atoms with E-state index in [1.165, 1.54) is 12.3 Å². The Hall–Kier alpha value is -1.76.